The van der Waals surface area contributed by atoms with Gasteiger partial charge in [0.2, 0.25) is 0 Å². The Bertz CT molecular complexity index is 221. The van der Waals surface area contributed by atoms with Crippen molar-refractivity contribution in [3.8, 4) is 0 Å². The molecular formula is C17H31BCl. The molecule has 1 aliphatic heterocycles. The molecule has 1 saturated heterocycles. The Kier molecular flexibility index (Phi) is 7.12. The van der Waals surface area contributed by atoms with Crippen molar-refractivity contribution in [2.45, 2.75) is 101 Å². The van der Waals surface area contributed by atoms with E-state index in [4.69, 9.17) is 11.6 Å². The van der Waals surface area contributed by atoms with Crippen molar-refractivity contribution in [1.29, 1.82) is 0 Å². The van der Waals surface area contributed by atoms with Gasteiger partial charge >= 0.3 is 0 Å². The van der Waals surface area contributed by atoms with Crippen LogP contribution < -0.4 is 0 Å². The molecule has 0 aromatic rings. The lowest BCUT2D eigenvalue weighted by Gasteiger charge is -2.36. The van der Waals surface area contributed by atoms with Crippen molar-refractivity contribution >= 4 is 18.9 Å². The van der Waals surface area contributed by atoms with Gasteiger partial charge in [-0.3, -0.25) is 0 Å². The van der Waals surface area contributed by atoms with Crippen LogP contribution in [0.3, 0.4) is 0 Å². The second kappa shape index (κ2) is 8.60. The Morgan fingerprint density at radius 1 is 0.684 bits per heavy atom. The predicted molar refractivity (Wildman–Crippen MR) is 87.3 cm³/mol. The van der Waals surface area contributed by atoms with Gasteiger partial charge in [-0.2, -0.15) is 0 Å². The van der Waals surface area contributed by atoms with E-state index >= 15 is 0 Å². The maximum absolute atomic E-state index is 7.13. The fraction of sp³-hybridized carbons (Fsp3) is 1.00. The Balaban J connectivity index is 1.95. The summed E-state index contributed by atoms with van der Waals surface area (Å²) in [6.07, 6.45) is 20.8. The molecular weight excluding hydrogens is 250 g/mol. The summed E-state index contributed by atoms with van der Waals surface area (Å²) in [5.74, 6) is 0.755. The van der Waals surface area contributed by atoms with E-state index in [0.717, 1.165) is 5.92 Å². The summed E-state index contributed by atoms with van der Waals surface area (Å²) in [7, 11) is 2.52. The van der Waals surface area contributed by atoms with Crippen LogP contribution in [0.1, 0.15) is 89.9 Å². The molecule has 0 nitrogen and oxygen atoms in total. The van der Waals surface area contributed by atoms with Gasteiger partial charge in [-0.15, -0.1) is 11.6 Å². The number of rotatable bonds is 1. The third-order valence-electron chi connectivity index (χ3n) is 5.28. The summed E-state index contributed by atoms with van der Waals surface area (Å²) < 4.78 is 0.0364. The Labute approximate surface area is 126 Å². The molecule has 1 atom stereocenters. The molecule has 2 heteroatoms. The first kappa shape index (κ1) is 15.7. The molecule has 0 spiro atoms. The van der Waals surface area contributed by atoms with Gasteiger partial charge in [0.05, 0.1) is 0 Å². The van der Waals surface area contributed by atoms with E-state index in [9.17, 15) is 0 Å². The topological polar surface area (TPSA) is 0 Å². The van der Waals surface area contributed by atoms with Crippen LogP contribution in [0, 0.1) is 5.92 Å². The highest BCUT2D eigenvalue weighted by molar-refractivity contribution is 6.57. The standard InChI is InChI=1S/C17H31BCl/c19-17(14-10-6-3-7-11-15-18-17)16-12-8-4-1-2-5-9-13-16/h16H,1-15H2. The Hall–Kier alpha value is 0.355. The first-order valence-corrected chi connectivity index (χ1v) is 9.22. The molecule has 2 rings (SSSR count). The molecule has 1 radical (unpaired) electrons. The molecule has 0 aromatic carbocycles. The van der Waals surface area contributed by atoms with Gasteiger partial charge in [-0.1, -0.05) is 76.9 Å². The zero-order valence-corrected chi connectivity index (χ0v) is 13.4. The largest absolute Gasteiger partial charge is 0.138 e. The molecule has 0 aromatic heterocycles. The minimum absolute atomic E-state index is 0.0364. The molecule has 0 bridgehead atoms. The highest BCUT2D eigenvalue weighted by Crippen LogP contribution is 2.39. The van der Waals surface area contributed by atoms with Gasteiger partial charge in [0.1, 0.15) is 7.28 Å². The van der Waals surface area contributed by atoms with Crippen LogP contribution in [-0.4, -0.2) is 12.1 Å². The summed E-state index contributed by atoms with van der Waals surface area (Å²) in [5, 5.41) is 0. The minimum atomic E-state index is 0.0364. The lowest BCUT2D eigenvalue weighted by atomic mass is 9.53. The summed E-state index contributed by atoms with van der Waals surface area (Å²) in [4.78, 5) is 0. The van der Waals surface area contributed by atoms with Gasteiger partial charge in [-0.05, 0) is 25.2 Å². The first-order valence-electron chi connectivity index (χ1n) is 8.84. The van der Waals surface area contributed by atoms with Gasteiger partial charge in [-0.25, -0.2) is 0 Å². The molecule has 1 aliphatic carbocycles. The predicted octanol–water partition coefficient (Wildman–Crippen LogP) is 6.15. The summed E-state index contributed by atoms with van der Waals surface area (Å²) in [6, 6.07) is 0. The van der Waals surface area contributed by atoms with Gasteiger partial charge in [0.15, 0.2) is 0 Å². The van der Waals surface area contributed by atoms with Crippen LogP contribution in [0.25, 0.3) is 0 Å². The molecule has 1 heterocycles. The minimum Gasteiger partial charge on any atom is -0.129 e. The molecule has 0 amide bonds. The molecule has 1 saturated carbocycles. The molecule has 2 fully saturated rings. The van der Waals surface area contributed by atoms with E-state index in [-0.39, 0.29) is 4.77 Å². The summed E-state index contributed by atoms with van der Waals surface area (Å²) in [5.41, 5.74) is 0. The normalized spacial score (nSPS) is 32.9. The fourth-order valence-corrected chi connectivity index (χ4v) is 4.46. The SMILES string of the molecule is ClC1(C2CCCCCCCC2)[B]CCCCCCC1. The van der Waals surface area contributed by atoms with Crippen LogP contribution >= 0.6 is 11.6 Å². The van der Waals surface area contributed by atoms with E-state index in [1.54, 1.807) is 0 Å². The van der Waals surface area contributed by atoms with Gasteiger partial charge in [0.25, 0.3) is 0 Å². The lowest BCUT2D eigenvalue weighted by molar-refractivity contribution is 0.358. The number of hydrogen-bond acceptors (Lipinski definition) is 0. The van der Waals surface area contributed by atoms with Crippen LogP contribution in [0.15, 0.2) is 0 Å². The van der Waals surface area contributed by atoms with Crippen LogP contribution in [-0.2, 0) is 0 Å². The summed E-state index contributed by atoms with van der Waals surface area (Å²) >= 11 is 7.13. The maximum Gasteiger partial charge on any atom is 0.138 e. The van der Waals surface area contributed by atoms with Gasteiger partial charge in [0, 0.05) is 4.77 Å². The van der Waals surface area contributed by atoms with Crippen molar-refractivity contribution in [2.75, 3.05) is 0 Å². The first-order chi connectivity index (χ1) is 9.31. The quantitative estimate of drug-likeness (QED) is 0.399. The van der Waals surface area contributed by atoms with Crippen molar-refractivity contribution in [1.82, 2.24) is 0 Å². The zero-order valence-electron chi connectivity index (χ0n) is 12.6. The van der Waals surface area contributed by atoms with E-state index in [0.29, 0.717) is 0 Å². The third-order valence-corrected chi connectivity index (χ3v) is 5.93. The van der Waals surface area contributed by atoms with E-state index in [1.807, 2.05) is 0 Å². The van der Waals surface area contributed by atoms with Crippen molar-refractivity contribution in [2.24, 2.45) is 5.92 Å². The maximum atomic E-state index is 7.13. The second-order valence-corrected chi connectivity index (χ2v) is 7.54. The smallest absolute Gasteiger partial charge is 0.129 e. The van der Waals surface area contributed by atoms with Gasteiger partial charge < -0.3 is 0 Å². The average Bonchev–Trinajstić information content (AvgIpc) is 2.61. The highest BCUT2D eigenvalue weighted by atomic mass is 35.5. The van der Waals surface area contributed by atoms with Crippen LogP contribution in [0.5, 0.6) is 0 Å². The van der Waals surface area contributed by atoms with E-state index in [2.05, 4.69) is 7.28 Å². The van der Waals surface area contributed by atoms with Crippen molar-refractivity contribution < 1.29 is 0 Å². The van der Waals surface area contributed by atoms with Crippen LogP contribution in [0.2, 0.25) is 6.32 Å². The highest BCUT2D eigenvalue weighted by Gasteiger charge is 2.35. The fourth-order valence-electron chi connectivity index (χ4n) is 4.00. The average molecular weight is 282 g/mol. The third kappa shape index (κ3) is 5.33. The molecule has 19 heavy (non-hydrogen) atoms. The van der Waals surface area contributed by atoms with Crippen molar-refractivity contribution in [3.05, 3.63) is 0 Å². The lowest BCUT2D eigenvalue weighted by Crippen LogP contribution is -2.38. The number of alkyl halides is 1. The Morgan fingerprint density at radius 2 is 1.21 bits per heavy atom. The Morgan fingerprint density at radius 3 is 1.89 bits per heavy atom. The van der Waals surface area contributed by atoms with E-state index in [1.165, 1.54) is 96.2 Å². The molecule has 109 valence electrons. The number of halogens is 1. The number of hydrogen-bond donors (Lipinski definition) is 0. The molecule has 2 aliphatic rings. The summed E-state index contributed by atoms with van der Waals surface area (Å²) in [6.45, 7) is 0. The molecule has 1 unspecified atom stereocenters. The van der Waals surface area contributed by atoms with E-state index < -0.39 is 0 Å². The molecule has 0 N–H and O–H groups in total. The van der Waals surface area contributed by atoms with Crippen molar-refractivity contribution in [3.63, 3.8) is 0 Å². The monoisotopic (exact) mass is 281 g/mol. The van der Waals surface area contributed by atoms with Crippen LogP contribution in [0.4, 0.5) is 0 Å². The second-order valence-electron chi connectivity index (χ2n) is 6.83. The zero-order chi connectivity index (χ0) is 13.4.